The molecule has 0 aliphatic rings. The van der Waals surface area contributed by atoms with E-state index < -0.39 is 0 Å². The lowest BCUT2D eigenvalue weighted by atomic mass is 10.2. The molecule has 4 nitrogen and oxygen atoms in total. The van der Waals surface area contributed by atoms with Gasteiger partial charge in [-0.25, -0.2) is 9.78 Å². The van der Waals surface area contributed by atoms with Gasteiger partial charge >= 0.3 is 0 Å². The van der Waals surface area contributed by atoms with Crippen molar-refractivity contribution in [2.24, 2.45) is 4.99 Å². The van der Waals surface area contributed by atoms with Crippen molar-refractivity contribution in [1.29, 1.82) is 0 Å². The molecule has 0 fully saturated rings. The van der Waals surface area contributed by atoms with E-state index >= 15 is 0 Å². The number of carbonyl (C=O) groups excluding carboxylic acids is 1. The van der Waals surface area contributed by atoms with Gasteiger partial charge in [-0.05, 0) is 0 Å². The van der Waals surface area contributed by atoms with Crippen LogP contribution >= 0.6 is 11.3 Å². The molecule has 0 radical (unpaired) electrons. The molecule has 0 aliphatic carbocycles. The number of methoxy groups -OCH3 is 1. The molecule has 1 aromatic carbocycles. The summed E-state index contributed by atoms with van der Waals surface area (Å²) in [5, 5.41) is 0.992. The molecule has 0 aliphatic heterocycles. The van der Waals surface area contributed by atoms with Crippen LogP contribution in [0.5, 0.6) is 5.06 Å². The zero-order chi connectivity index (χ0) is 11.4. The second-order valence-corrected chi connectivity index (χ2v) is 3.85. The number of isocyanates is 1. The second-order valence-electron chi connectivity index (χ2n) is 2.91. The Morgan fingerprint density at radius 3 is 2.75 bits per heavy atom. The Morgan fingerprint density at radius 2 is 2.12 bits per heavy atom. The lowest BCUT2D eigenvalue weighted by Crippen LogP contribution is -1.83. The standard InChI is InChI=1S/C11H8N2O2S/c1-15-10-9(8-5-3-2-4-6-8)13-11(16-10)12-7-14/h2-6H,1H3. The molecule has 0 amide bonds. The van der Waals surface area contributed by atoms with Gasteiger partial charge < -0.3 is 4.74 Å². The molecule has 5 heteroatoms. The van der Waals surface area contributed by atoms with E-state index in [2.05, 4.69) is 9.98 Å². The molecule has 0 saturated heterocycles. The van der Waals surface area contributed by atoms with Crippen molar-refractivity contribution in [3.63, 3.8) is 0 Å². The van der Waals surface area contributed by atoms with Crippen LogP contribution in [0.25, 0.3) is 11.3 Å². The highest BCUT2D eigenvalue weighted by atomic mass is 32.1. The molecular weight excluding hydrogens is 224 g/mol. The van der Waals surface area contributed by atoms with E-state index in [0.717, 1.165) is 5.56 Å². The summed E-state index contributed by atoms with van der Waals surface area (Å²) < 4.78 is 5.19. The number of thiazole rings is 1. The molecule has 80 valence electrons. The van der Waals surface area contributed by atoms with Crippen molar-refractivity contribution in [2.45, 2.75) is 0 Å². The number of hydrogen-bond donors (Lipinski definition) is 0. The zero-order valence-electron chi connectivity index (χ0n) is 8.51. The van der Waals surface area contributed by atoms with E-state index in [1.807, 2.05) is 30.3 Å². The normalized spacial score (nSPS) is 9.56. The van der Waals surface area contributed by atoms with Gasteiger partial charge in [0.15, 0.2) is 0 Å². The third-order valence-corrected chi connectivity index (χ3v) is 2.87. The maximum absolute atomic E-state index is 10.2. The second kappa shape index (κ2) is 4.70. The van der Waals surface area contributed by atoms with Crippen LogP contribution in [-0.4, -0.2) is 18.2 Å². The highest BCUT2D eigenvalue weighted by Crippen LogP contribution is 2.38. The van der Waals surface area contributed by atoms with Gasteiger partial charge in [-0.2, -0.15) is 0 Å². The van der Waals surface area contributed by atoms with Crippen LogP contribution in [0.3, 0.4) is 0 Å². The molecule has 2 aromatic rings. The van der Waals surface area contributed by atoms with E-state index in [0.29, 0.717) is 15.9 Å². The quantitative estimate of drug-likeness (QED) is 0.604. The molecule has 2 rings (SSSR count). The number of rotatable bonds is 3. The Kier molecular flexibility index (Phi) is 3.10. The van der Waals surface area contributed by atoms with E-state index in [-0.39, 0.29) is 0 Å². The highest BCUT2D eigenvalue weighted by molar-refractivity contribution is 7.17. The predicted molar refractivity (Wildman–Crippen MR) is 61.9 cm³/mol. The minimum Gasteiger partial charge on any atom is -0.486 e. The number of aliphatic imine (C=N–C) groups is 1. The SMILES string of the molecule is COc1sc(N=C=O)nc1-c1ccccc1. The number of ether oxygens (including phenoxy) is 1. The molecule has 1 aromatic heterocycles. The van der Waals surface area contributed by atoms with Gasteiger partial charge in [0.1, 0.15) is 5.69 Å². The first-order valence-corrected chi connectivity index (χ1v) is 5.35. The molecule has 0 unspecified atom stereocenters. The summed E-state index contributed by atoms with van der Waals surface area (Å²) in [6.07, 6.45) is 1.47. The summed E-state index contributed by atoms with van der Waals surface area (Å²) in [4.78, 5) is 17.8. The third kappa shape index (κ3) is 2.00. The predicted octanol–water partition coefficient (Wildman–Crippen LogP) is 2.79. The molecule has 0 spiro atoms. The van der Waals surface area contributed by atoms with Crippen LogP contribution in [-0.2, 0) is 4.79 Å². The molecule has 16 heavy (non-hydrogen) atoms. The van der Waals surface area contributed by atoms with Crippen LogP contribution in [0, 0.1) is 0 Å². The first-order valence-electron chi connectivity index (χ1n) is 4.53. The highest BCUT2D eigenvalue weighted by Gasteiger charge is 2.12. The van der Waals surface area contributed by atoms with E-state index in [1.165, 1.54) is 17.4 Å². The molecule has 0 atom stereocenters. The minimum atomic E-state index is 0.353. The Balaban J connectivity index is 2.51. The van der Waals surface area contributed by atoms with Crippen molar-refractivity contribution in [3.8, 4) is 16.3 Å². The van der Waals surface area contributed by atoms with E-state index in [4.69, 9.17) is 4.74 Å². The van der Waals surface area contributed by atoms with Crippen molar-refractivity contribution in [2.75, 3.05) is 7.11 Å². The minimum absolute atomic E-state index is 0.353. The van der Waals surface area contributed by atoms with Crippen molar-refractivity contribution < 1.29 is 9.53 Å². The lowest BCUT2D eigenvalue weighted by molar-refractivity contribution is 0.428. The van der Waals surface area contributed by atoms with Gasteiger partial charge in [-0.3, -0.25) is 0 Å². The van der Waals surface area contributed by atoms with Crippen molar-refractivity contribution >= 4 is 22.5 Å². The van der Waals surface area contributed by atoms with Gasteiger partial charge in [0.05, 0.1) is 7.11 Å². The lowest BCUT2D eigenvalue weighted by Gasteiger charge is -1.99. The average molecular weight is 232 g/mol. The molecule has 0 bridgehead atoms. The van der Waals surface area contributed by atoms with Crippen LogP contribution in [0.4, 0.5) is 5.13 Å². The summed E-state index contributed by atoms with van der Waals surface area (Å²) in [7, 11) is 1.56. The van der Waals surface area contributed by atoms with Crippen LogP contribution in [0.2, 0.25) is 0 Å². The zero-order valence-corrected chi connectivity index (χ0v) is 9.32. The summed E-state index contributed by atoms with van der Waals surface area (Å²) in [6.45, 7) is 0. The Bertz CT molecular complexity index is 530. The Hall–Kier alpha value is -1.97. The van der Waals surface area contributed by atoms with Gasteiger partial charge in [0.2, 0.25) is 16.3 Å². The van der Waals surface area contributed by atoms with E-state index in [1.54, 1.807) is 7.11 Å². The molecule has 0 N–H and O–H groups in total. The summed E-state index contributed by atoms with van der Waals surface area (Å²) in [5.41, 5.74) is 1.63. The maximum Gasteiger partial charge on any atom is 0.242 e. The topological polar surface area (TPSA) is 51.5 Å². The Morgan fingerprint density at radius 1 is 1.38 bits per heavy atom. The number of nitrogens with zero attached hydrogens (tertiary/aromatic N) is 2. The van der Waals surface area contributed by atoms with Crippen LogP contribution < -0.4 is 4.74 Å². The number of benzene rings is 1. The molecular formula is C11H8N2O2S. The molecule has 1 heterocycles. The van der Waals surface area contributed by atoms with Gasteiger partial charge in [0.25, 0.3) is 0 Å². The van der Waals surface area contributed by atoms with Gasteiger partial charge in [0, 0.05) is 5.56 Å². The van der Waals surface area contributed by atoms with E-state index in [9.17, 15) is 4.79 Å². The maximum atomic E-state index is 10.2. The summed E-state index contributed by atoms with van der Waals surface area (Å²) in [6, 6.07) is 9.60. The fourth-order valence-corrected chi connectivity index (χ4v) is 2.03. The third-order valence-electron chi connectivity index (χ3n) is 1.96. The van der Waals surface area contributed by atoms with Crippen LogP contribution in [0.15, 0.2) is 35.3 Å². The fourth-order valence-electron chi connectivity index (χ4n) is 1.30. The smallest absolute Gasteiger partial charge is 0.242 e. The first-order chi connectivity index (χ1) is 7.85. The fraction of sp³-hybridized carbons (Fsp3) is 0.0909. The van der Waals surface area contributed by atoms with Gasteiger partial charge in [-0.15, -0.1) is 4.99 Å². The summed E-state index contributed by atoms with van der Waals surface area (Å²) >= 11 is 1.22. The monoisotopic (exact) mass is 232 g/mol. The molecule has 0 saturated carbocycles. The number of aromatic nitrogens is 1. The Labute approximate surface area is 96.2 Å². The van der Waals surface area contributed by atoms with Crippen molar-refractivity contribution in [3.05, 3.63) is 30.3 Å². The average Bonchev–Trinajstić information content (AvgIpc) is 2.74. The van der Waals surface area contributed by atoms with Crippen molar-refractivity contribution in [1.82, 2.24) is 4.98 Å². The summed E-state index contributed by atoms with van der Waals surface area (Å²) in [5.74, 6) is 0. The van der Waals surface area contributed by atoms with Gasteiger partial charge in [-0.1, -0.05) is 41.7 Å². The number of hydrogen-bond acceptors (Lipinski definition) is 5. The largest absolute Gasteiger partial charge is 0.486 e. The van der Waals surface area contributed by atoms with Crippen LogP contribution in [0.1, 0.15) is 0 Å². The first kappa shape index (κ1) is 10.5.